The molecule has 2 aromatic carbocycles. The van der Waals surface area contributed by atoms with Crippen LogP contribution in [0.4, 0.5) is 0 Å². The van der Waals surface area contributed by atoms with Crippen molar-refractivity contribution in [2.24, 2.45) is 5.16 Å². The highest BCUT2D eigenvalue weighted by atomic mass is 35.5. The summed E-state index contributed by atoms with van der Waals surface area (Å²) < 4.78 is 0. The SMILES string of the molecule is O=C(O/N=C(/c1ccccc1)c1ccccn1)c1ccc(Cl)c(Cl)c1. The first kappa shape index (κ1) is 17.1. The van der Waals surface area contributed by atoms with Crippen LogP contribution in [-0.2, 0) is 4.84 Å². The Kier molecular flexibility index (Phi) is 5.43. The largest absolute Gasteiger partial charge is 0.365 e. The number of carbonyl (C=O) groups is 1. The molecule has 0 saturated heterocycles. The Morgan fingerprint density at radius 1 is 0.880 bits per heavy atom. The van der Waals surface area contributed by atoms with Gasteiger partial charge >= 0.3 is 5.97 Å². The van der Waals surface area contributed by atoms with Crippen LogP contribution in [0, 0.1) is 0 Å². The predicted molar refractivity (Wildman–Crippen MR) is 98.2 cm³/mol. The lowest BCUT2D eigenvalue weighted by Gasteiger charge is -2.06. The molecule has 0 radical (unpaired) electrons. The zero-order valence-corrected chi connectivity index (χ0v) is 14.4. The summed E-state index contributed by atoms with van der Waals surface area (Å²) in [6, 6.07) is 19.3. The minimum absolute atomic E-state index is 0.256. The molecule has 0 bridgehead atoms. The van der Waals surface area contributed by atoms with E-state index in [9.17, 15) is 4.79 Å². The third-order valence-corrected chi connectivity index (χ3v) is 4.07. The van der Waals surface area contributed by atoms with Crippen molar-refractivity contribution >= 4 is 34.9 Å². The highest BCUT2D eigenvalue weighted by Crippen LogP contribution is 2.23. The molecule has 25 heavy (non-hydrogen) atoms. The lowest BCUT2D eigenvalue weighted by molar-refractivity contribution is 0.0517. The molecule has 0 atom stereocenters. The van der Waals surface area contributed by atoms with Gasteiger partial charge in [0.1, 0.15) is 5.71 Å². The Morgan fingerprint density at radius 3 is 2.32 bits per heavy atom. The molecule has 0 aliphatic rings. The van der Waals surface area contributed by atoms with Gasteiger partial charge in [0.2, 0.25) is 0 Å². The molecule has 1 aromatic heterocycles. The van der Waals surface area contributed by atoms with E-state index in [1.54, 1.807) is 18.3 Å². The maximum absolute atomic E-state index is 12.2. The van der Waals surface area contributed by atoms with Crippen molar-refractivity contribution in [3.05, 3.63) is 99.8 Å². The van der Waals surface area contributed by atoms with Crippen LogP contribution in [0.2, 0.25) is 10.0 Å². The second-order valence-corrected chi connectivity index (χ2v) is 5.84. The number of rotatable bonds is 4. The molecule has 0 amide bonds. The van der Waals surface area contributed by atoms with Crippen molar-refractivity contribution in [2.45, 2.75) is 0 Å². The van der Waals surface area contributed by atoms with E-state index in [1.165, 1.54) is 18.2 Å². The lowest BCUT2D eigenvalue weighted by Crippen LogP contribution is -2.09. The molecular formula is C19H12Cl2N2O2. The van der Waals surface area contributed by atoms with Gasteiger partial charge in [-0.1, -0.05) is 64.8 Å². The van der Waals surface area contributed by atoms with Crippen molar-refractivity contribution in [3.63, 3.8) is 0 Å². The summed E-state index contributed by atoms with van der Waals surface area (Å²) in [6.07, 6.45) is 1.65. The van der Waals surface area contributed by atoms with Crippen LogP contribution in [-0.4, -0.2) is 16.7 Å². The van der Waals surface area contributed by atoms with E-state index >= 15 is 0 Å². The Morgan fingerprint density at radius 2 is 1.64 bits per heavy atom. The zero-order chi connectivity index (χ0) is 17.6. The number of aromatic nitrogens is 1. The quantitative estimate of drug-likeness (QED) is 0.369. The third kappa shape index (κ3) is 4.24. The molecule has 0 spiro atoms. The van der Waals surface area contributed by atoms with Crippen molar-refractivity contribution < 1.29 is 9.63 Å². The number of benzene rings is 2. The van der Waals surface area contributed by atoms with E-state index < -0.39 is 5.97 Å². The third-order valence-electron chi connectivity index (χ3n) is 3.33. The molecule has 0 saturated carbocycles. The second-order valence-electron chi connectivity index (χ2n) is 5.03. The van der Waals surface area contributed by atoms with Crippen molar-refractivity contribution in [2.75, 3.05) is 0 Å². The number of halogens is 2. The molecule has 0 N–H and O–H groups in total. The Labute approximate surface area is 154 Å². The maximum atomic E-state index is 12.2. The highest BCUT2D eigenvalue weighted by Gasteiger charge is 2.13. The Hall–Kier alpha value is -2.69. The van der Waals surface area contributed by atoms with Crippen molar-refractivity contribution in [3.8, 4) is 0 Å². The standard InChI is InChI=1S/C19H12Cl2N2O2/c20-15-10-9-14(12-16(15)21)19(24)25-23-18(13-6-2-1-3-7-13)17-8-4-5-11-22-17/h1-12H/b23-18-. The van der Waals surface area contributed by atoms with Crippen LogP contribution in [0.5, 0.6) is 0 Å². The second kappa shape index (κ2) is 7.92. The first-order valence-corrected chi connectivity index (χ1v) is 8.12. The summed E-state index contributed by atoms with van der Waals surface area (Å²) in [7, 11) is 0. The summed E-state index contributed by atoms with van der Waals surface area (Å²) in [4.78, 5) is 21.6. The van der Waals surface area contributed by atoms with Gasteiger partial charge in [-0.05, 0) is 30.3 Å². The molecule has 3 aromatic rings. The molecule has 0 unspecified atom stereocenters. The van der Waals surface area contributed by atoms with Gasteiger partial charge in [0, 0.05) is 11.8 Å². The molecule has 0 aliphatic carbocycles. The Balaban J connectivity index is 1.91. The van der Waals surface area contributed by atoms with Gasteiger partial charge in [-0.15, -0.1) is 0 Å². The molecule has 4 nitrogen and oxygen atoms in total. The summed E-state index contributed by atoms with van der Waals surface area (Å²) in [5, 5.41) is 4.65. The number of hydrogen-bond donors (Lipinski definition) is 0. The molecule has 0 fully saturated rings. The fourth-order valence-electron chi connectivity index (χ4n) is 2.11. The Bertz CT molecular complexity index is 872. The number of nitrogens with zero attached hydrogens (tertiary/aromatic N) is 2. The summed E-state index contributed by atoms with van der Waals surface area (Å²) >= 11 is 11.8. The molecule has 1 heterocycles. The lowest BCUT2D eigenvalue weighted by atomic mass is 10.1. The van der Waals surface area contributed by atoms with Crippen molar-refractivity contribution in [1.29, 1.82) is 0 Å². The van der Waals surface area contributed by atoms with Crippen molar-refractivity contribution in [1.82, 2.24) is 4.98 Å². The first-order chi connectivity index (χ1) is 12.1. The highest BCUT2D eigenvalue weighted by molar-refractivity contribution is 6.42. The van der Waals surface area contributed by atoms with E-state index in [-0.39, 0.29) is 10.6 Å². The summed E-state index contributed by atoms with van der Waals surface area (Å²) in [6.45, 7) is 0. The van der Waals surface area contributed by atoms with Crippen LogP contribution < -0.4 is 0 Å². The molecule has 0 aliphatic heterocycles. The minimum atomic E-state index is -0.636. The number of carbonyl (C=O) groups excluding carboxylic acids is 1. The monoisotopic (exact) mass is 370 g/mol. The predicted octanol–water partition coefficient (Wildman–Crippen LogP) is 5.00. The van der Waals surface area contributed by atoms with Crippen LogP contribution >= 0.6 is 23.2 Å². The molecular weight excluding hydrogens is 359 g/mol. The normalized spacial score (nSPS) is 11.2. The van der Waals surface area contributed by atoms with Gasteiger partial charge in [-0.2, -0.15) is 0 Å². The van der Waals surface area contributed by atoms with E-state index in [1.807, 2.05) is 36.4 Å². The topological polar surface area (TPSA) is 51.5 Å². The average Bonchev–Trinajstić information content (AvgIpc) is 2.66. The molecule has 6 heteroatoms. The van der Waals surface area contributed by atoms with E-state index in [0.29, 0.717) is 16.4 Å². The van der Waals surface area contributed by atoms with E-state index in [0.717, 1.165) is 5.56 Å². The van der Waals surface area contributed by atoms with Crippen LogP contribution in [0.25, 0.3) is 0 Å². The van der Waals surface area contributed by atoms with Gasteiger partial charge in [-0.3, -0.25) is 4.98 Å². The van der Waals surface area contributed by atoms with Gasteiger partial charge < -0.3 is 4.84 Å². The summed E-state index contributed by atoms with van der Waals surface area (Å²) in [5.41, 5.74) is 2.08. The van der Waals surface area contributed by atoms with E-state index in [2.05, 4.69) is 10.1 Å². The first-order valence-electron chi connectivity index (χ1n) is 7.36. The number of pyridine rings is 1. The molecule has 3 rings (SSSR count). The fourth-order valence-corrected chi connectivity index (χ4v) is 2.41. The van der Waals surface area contributed by atoms with Crippen LogP contribution in [0.1, 0.15) is 21.6 Å². The van der Waals surface area contributed by atoms with Gasteiger partial charge in [0.05, 0.1) is 21.3 Å². The van der Waals surface area contributed by atoms with Gasteiger partial charge in [0.15, 0.2) is 0 Å². The number of hydrogen-bond acceptors (Lipinski definition) is 4. The fraction of sp³-hybridized carbons (Fsp3) is 0. The average molecular weight is 371 g/mol. The molecule has 124 valence electrons. The number of oxime groups is 1. The minimum Gasteiger partial charge on any atom is -0.312 e. The summed E-state index contributed by atoms with van der Waals surface area (Å²) in [5.74, 6) is -0.636. The van der Waals surface area contributed by atoms with E-state index in [4.69, 9.17) is 28.0 Å². The van der Waals surface area contributed by atoms with Gasteiger partial charge in [0.25, 0.3) is 0 Å². The van der Waals surface area contributed by atoms with Crippen LogP contribution in [0.3, 0.4) is 0 Å². The van der Waals surface area contributed by atoms with Crippen LogP contribution in [0.15, 0.2) is 78.1 Å². The smallest absolute Gasteiger partial charge is 0.312 e. The zero-order valence-electron chi connectivity index (χ0n) is 12.9. The maximum Gasteiger partial charge on any atom is 0.365 e. The van der Waals surface area contributed by atoms with Gasteiger partial charge in [-0.25, -0.2) is 4.79 Å².